The zero-order valence-electron chi connectivity index (χ0n) is 20.3. The molecule has 0 N–H and O–H groups in total. The van der Waals surface area contributed by atoms with E-state index in [0.717, 1.165) is 19.5 Å². The normalized spacial score (nSPS) is 11.8. The van der Waals surface area contributed by atoms with Crippen molar-refractivity contribution in [2.24, 2.45) is 0 Å². The Bertz CT molecular complexity index is 1230. The predicted molar refractivity (Wildman–Crippen MR) is 126 cm³/mol. The molecule has 0 saturated carbocycles. The third-order valence-corrected chi connectivity index (χ3v) is 5.39. The summed E-state index contributed by atoms with van der Waals surface area (Å²) in [5.74, 6) is 1.49. The van der Waals surface area contributed by atoms with Crippen LogP contribution in [0.2, 0.25) is 0 Å². The van der Waals surface area contributed by atoms with E-state index < -0.39 is 0 Å². The monoisotopic (exact) mass is 493 g/mol. The van der Waals surface area contributed by atoms with E-state index in [-0.39, 0.29) is 25.0 Å². The zero-order chi connectivity index (χ0) is 25.3. The number of ether oxygens (including phenoxy) is 2. The number of carbonyl (C=O) groups excluding carboxylic acids is 1. The Balaban J connectivity index is 1.26. The minimum absolute atomic E-state index is 0.0589. The number of pyridine rings is 1. The molecular formula is C22H27N11O3. The molecule has 4 rings (SSSR count). The molecule has 4 aromatic rings. The van der Waals surface area contributed by atoms with E-state index in [1.807, 2.05) is 6.92 Å². The van der Waals surface area contributed by atoms with Crippen LogP contribution in [-0.4, -0.2) is 76.3 Å². The number of aromatic nitrogens is 10. The van der Waals surface area contributed by atoms with Crippen LogP contribution in [0.15, 0.2) is 43.2 Å². The molecule has 14 nitrogen and oxygen atoms in total. The van der Waals surface area contributed by atoms with Gasteiger partial charge in [-0.3, -0.25) is 4.79 Å². The quantitative estimate of drug-likeness (QED) is 0.261. The second-order valence-electron chi connectivity index (χ2n) is 7.91. The molecule has 0 fully saturated rings. The van der Waals surface area contributed by atoms with Gasteiger partial charge in [0.2, 0.25) is 5.95 Å². The number of tetrazole rings is 1. The van der Waals surface area contributed by atoms with Gasteiger partial charge < -0.3 is 14.4 Å². The predicted octanol–water partition coefficient (Wildman–Crippen LogP) is 1.21. The third-order valence-electron chi connectivity index (χ3n) is 5.39. The van der Waals surface area contributed by atoms with E-state index in [2.05, 4.69) is 57.2 Å². The first-order valence-corrected chi connectivity index (χ1v) is 11.4. The SMILES string of the molecule is CCN(CCC(C)n1ncc(COc2ccc(-n3cnnn3)nc2)n1)c1ncc(CC(=O)OC)cn1. The Hall–Kier alpha value is -4.49. The van der Waals surface area contributed by atoms with Gasteiger partial charge in [0.05, 0.1) is 32.0 Å². The van der Waals surface area contributed by atoms with Crippen LogP contribution in [0.4, 0.5) is 5.95 Å². The smallest absolute Gasteiger partial charge is 0.310 e. The molecule has 4 heterocycles. The lowest BCUT2D eigenvalue weighted by Crippen LogP contribution is -2.28. The first-order chi connectivity index (χ1) is 17.6. The third kappa shape index (κ3) is 6.34. The van der Waals surface area contributed by atoms with Crippen molar-refractivity contribution in [2.45, 2.75) is 39.3 Å². The van der Waals surface area contributed by atoms with Crippen molar-refractivity contribution in [1.29, 1.82) is 0 Å². The van der Waals surface area contributed by atoms with E-state index >= 15 is 0 Å². The minimum Gasteiger partial charge on any atom is -0.486 e. The lowest BCUT2D eigenvalue weighted by molar-refractivity contribution is -0.139. The standard InChI is InChI=1S/C22H27N11O3/c1-4-31(22-24-10-17(11-25-22)9-21(34)35-3)8-7-16(2)33-27-12-18(28-33)14-36-19-5-6-20(23-13-19)32-15-26-29-30-32/h5-6,10-13,15-16H,4,7-9,14H2,1-3H3. The summed E-state index contributed by atoms with van der Waals surface area (Å²) in [6, 6.07) is 3.62. The number of anilines is 1. The molecule has 4 aromatic heterocycles. The molecule has 0 spiro atoms. The summed E-state index contributed by atoms with van der Waals surface area (Å²) in [7, 11) is 1.36. The van der Waals surface area contributed by atoms with E-state index in [9.17, 15) is 4.79 Å². The number of esters is 1. The molecule has 0 aromatic carbocycles. The molecule has 0 aliphatic heterocycles. The summed E-state index contributed by atoms with van der Waals surface area (Å²) in [4.78, 5) is 28.3. The lowest BCUT2D eigenvalue weighted by atomic mass is 10.2. The summed E-state index contributed by atoms with van der Waals surface area (Å²) in [5.41, 5.74) is 1.42. The number of methoxy groups -OCH3 is 1. The van der Waals surface area contributed by atoms with Gasteiger partial charge in [-0.15, -0.1) is 5.10 Å². The molecule has 14 heteroatoms. The highest BCUT2D eigenvalue weighted by Crippen LogP contribution is 2.15. The van der Waals surface area contributed by atoms with Crippen molar-refractivity contribution >= 4 is 11.9 Å². The fraction of sp³-hybridized carbons (Fsp3) is 0.409. The number of rotatable bonds is 12. The van der Waals surface area contributed by atoms with Gasteiger partial charge >= 0.3 is 5.97 Å². The van der Waals surface area contributed by atoms with Crippen LogP contribution < -0.4 is 9.64 Å². The zero-order valence-corrected chi connectivity index (χ0v) is 20.3. The van der Waals surface area contributed by atoms with Gasteiger partial charge in [-0.2, -0.15) is 19.7 Å². The van der Waals surface area contributed by atoms with Crippen LogP contribution in [0, 0.1) is 0 Å². The Labute approximate surface area is 207 Å². The molecule has 0 amide bonds. The van der Waals surface area contributed by atoms with Crippen molar-refractivity contribution in [2.75, 3.05) is 25.1 Å². The van der Waals surface area contributed by atoms with Crippen LogP contribution in [-0.2, 0) is 22.6 Å². The van der Waals surface area contributed by atoms with Gasteiger partial charge in [-0.05, 0) is 42.8 Å². The highest BCUT2D eigenvalue weighted by Gasteiger charge is 2.14. The van der Waals surface area contributed by atoms with Gasteiger partial charge in [0.15, 0.2) is 5.82 Å². The van der Waals surface area contributed by atoms with Crippen LogP contribution in [0.1, 0.15) is 37.6 Å². The summed E-state index contributed by atoms with van der Waals surface area (Å²) in [6.07, 6.45) is 9.02. The van der Waals surface area contributed by atoms with E-state index in [1.54, 1.807) is 41.7 Å². The Morgan fingerprint density at radius 1 is 1.14 bits per heavy atom. The van der Waals surface area contributed by atoms with Crippen LogP contribution in [0.25, 0.3) is 5.82 Å². The maximum Gasteiger partial charge on any atom is 0.310 e. The maximum absolute atomic E-state index is 11.4. The molecule has 1 unspecified atom stereocenters. The summed E-state index contributed by atoms with van der Waals surface area (Å²) in [6.45, 7) is 5.84. The average Bonchev–Trinajstić information content (AvgIpc) is 3.62. The molecule has 0 aliphatic rings. The lowest BCUT2D eigenvalue weighted by Gasteiger charge is -2.22. The first-order valence-electron chi connectivity index (χ1n) is 11.4. The van der Waals surface area contributed by atoms with Crippen LogP contribution in [0.3, 0.4) is 0 Å². The number of nitrogens with zero attached hydrogens (tertiary/aromatic N) is 11. The fourth-order valence-electron chi connectivity index (χ4n) is 3.30. The molecule has 0 saturated heterocycles. The van der Waals surface area contributed by atoms with Crippen molar-refractivity contribution in [3.63, 3.8) is 0 Å². The van der Waals surface area contributed by atoms with Gasteiger partial charge in [0.25, 0.3) is 0 Å². The van der Waals surface area contributed by atoms with Gasteiger partial charge in [-0.25, -0.2) is 15.0 Å². The minimum atomic E-state index is -0.320. The van der Waals surface area contributed by atoms with Crippen LogP contribution >= 0.6 is 0 Å². The molecule has 0 radical (unpaired) electrons. The highest BCUT2D eigenvalue weighted by atomic mass is 16.5. The molecule has 36 heavy (non-hydrogen) atoms. The summed E-state index contributed by atoms with van der Waals surface area (Å²) in [5, 5.41) is 19.9. The van der Waals surface area contributed by atoms with Crippen LogP contribution in [0.5, 0.6) is 5.75 Å². The van der Waals surface area contributed by atoms with E-state index in [1.165, 1.54) is 18.1 Å². The number of hydrogen-bond acceptors (Lipinski definition) is 12. The Kier molecular flexibility index (Phi) is 8.05. The fourth-order valence-corrected chi connectivity index (χ4v) is 3.30. The topological polar surface area (TPSA) is 152 Å². The Morgan fingerprint density at radius 3 is 2.64 bits per heavy atom. The molecule has 0 bridgehead atoms. The first kappa shape index (κ1) is 24.6. The second kappa shape index (κ2) is 11.8. The average molecular weight is 494 g/mol. The van der Waals surface area contributed by atoms with Crippen molar-refractivity contribution in [1.82, 2.24) is 50.2 Å². The maximum atomic E-state index is 11.4. The van der Waals surface area contributed by atoms with E-state index in [4.69, 9.17) is 4.74 Å². The molecule has 188 valence electrons. The highest BCUT2D eigenvalue weighted by molar-refractivity contribution is 5.72. The van der Waals surface area contributed by atoms with Gasteiger partial charge in [0, 0.05) is 31.0 Å². The molecule has 0 aliphatic carbocycles. The molecular weight excluding hydrogens is 466 g/mol. The largest absolute Gasteiger partial charge is 0.486 e. The van der Waals surface area contributed by atoms with Gasteiger partial charge in [-0.1, -0.05) is 0 Å². The van der Waals surface area contributed by atoms with Crippen molar-refractivity contribution in [3.05, 3.63) is 54.5 Å². The number of hydrogen-bond donors (Lipinski definition) is 0. The van der Waals surface area contributed by atoms with Crippen molar-refractivity contribution < 1.29 is 14.3 Å². The van der Waals surface area contributed by atoms with Crippen molar-refractivity contribution in [3.8, 4) is 11.6 Å². The molecule has 1 atom stereocenters. The van der Waals surface area contributed by atoms with Gasteiger partial charge in [0.1, 0.15) is 24.4 Å². The summed E-state index contributed by atoms with van der Waals surface area (Å²) < 4.78 is 11.9. The Morgan fingerprint density at radius 2 is 1.97 bits per heavy atom. The number of carbonyl (C=O) groups is 1. The summed E-state index contributed by atoms with van der Waals surface area (Å²) >= 11 is 0. The van der Waals surface area contributed by atoms with E-state index in [0.29, 0.717) is 28.8 Å². The second-order valence-corrected chi connectivity index (χ2v) is 7.91.